The first-order valence-corrected chi connectivity index (χ1v) is 7.71. The van der Waals surface area contributed by atoms with E-state index in [1.54, 1.807) is 19.1 Å². The Morgan fingerprint density at radius 2 is 1.96 bits per heavy atom. The van der Waals surface area contributed by atoms with Crippen molar-refractivity contribution in [3.05, 3.63) is 67.7 Å². The molecule has 0 bridgehead atoms. The zero-order valence-corrected chi connectivity index (χ0v) is 14.4. The second-order valence-electron chi connectivity index (χ2n) is 4.98. The van der Waals surface area contributed by atoms with E-state index in [-0.39, 0.29) is 27.0 Å². The lowest BCUT2D eigenvalue weighted by molar-refractivity contribution is -0.385. The molecule has 0 spiro atoms. The molecule has 0 fully saturated rings. The van der Waals surface area contributed by atoms with Gasteiger partial charge in [0.1, 0.15) is 0 Å². The fourth-order valence-corrected chi connectivity index (χ4v) is 2.28. The maximum absolute atomic E-state index is 11.9. The smallest absolute Gasteiger partial charge is 0.338 e. The molecule has 0 heterocycles. The summed E-state index contributed by atoms with van der Waals surface area (Å²) in [5, 5.41) is 13.8. The van der Waals surface area contributed by atoms with Crippen LogP contribution in [0.3, 0.4) is 0 Å². The zero-order chi connectivity index (χ0) is 18.6. The third-order valence-corrected chi connectivity index (χ3v) is 4.02. The molecule has 2 aromatic carbocycles. The normalized spacial score (nSPS) is 10.2. The maximum Gasteiger partial charge on any atom is 0.338 e. The van der Waals surface area contributed by atoms with Crippen molar-refractivity contribution in [1.82, 2.24) is 0 Å². The number of nitrogens with zero attached hydrogens (tertiary/aromatic N) is 1. The van der Waals surface area contributed by atoms with Gasteiger partial charge in [-0.3, -0.25) is 14.9 Å². The molecule has 9 heteroatoms. The van der Waals surface area contributed by atoms with Crippen LogP contribution in [0, 0.1) is 17.0 Å². The molecular formula is C16H12Cl2N2O5. The Morgan fingerprint density at radius 3 is 2.64 bits per heavy atom. The van der Waals surface area contributed by atoms with Gasteiger partial charge in [0.2, 0.25) is 0 Å². The van der Waals surface area contributed by atoms with Crippen LogP contribution in [0.4, 0.5) is 11.4 Å². The van der Waals surface area contributed by atoms with Crippen molar-refractivity contribution < 1.29 is 19.2 Å². The van der Waals surface area contributed by atoms with E-state index in [4.69, 9.17) is 27.9 Å². The number of ether oxygens (including phenoxy) is 1. The van der Waals surface area contributed by atoms with Crippen molar-refractivity contribution in [2.24, 2.45) is 0 Å². The highest BCUT2D eigenvalue weighted by Crippen LogP contribution is 2.29. The number of nitrogens with one attached hydrogen (secondary N) is 1. The summed E-state index contributed by atoms with van der Waals surface area (Å²) >= 11 is 11.8. The predicted molar refractivity (Wildman–Crippen MR) is 93.2 cm³/mol. The molecule has 0 aromatic heterocycles. The monoisotopic (exact) mass is 382 g/mol. The first-order chi connectivity index (χ1) is 11.8. The summed E-state index contributed by atoms with van der Waals surface area (Å²) < 4.78 is 4.86. The lowest BCUT2D eigenvalue weighted by Gasteiger charge is -2.09. The van der Waals surface area contributed by atoms with E-state index in [1.807, 2.05) is 0 Å². The van der Waals surface area contributed by atoms with E-state index >= 15 is 0 Å². The van der Waals surface area contributed by atoms with Gasteiger partial charge < -0.3 is 10.1 Å². The van der Waals surface area contributed by atoms with Crippen LogP contribution < -0.4 is 5.32 Å². The number of hydrogen-bond acceptors (Lipinski definition) is 5. The molecule has 0 saturated carbocycles. The number of carbonyl (C=O) groups is 2. The second kappa shape index (κ2) is 7.96. The number of esters is 1. The fourth-order valence-electron chi connectivity index (χ4n) is 1.93. The van der Waals surface area contributed by atoms with Gasteiger partial charge in [-0.2, -0.15) is 0 Å². The number of rotatable bonds is 5. The summed E-state index contributed by atoms with van der Waals surface area (Å²) in [5.74, 6) is -1.48. The molecule has 2 aromatic rings. The van der Waals surface area contributed by atoms with Crippen molar-refractivity contribution in [2.75, 3.05) is 11.9 Å². The van der Waals surface area contributed by atoms with Gasteiger partial charge in [0.15, 0.2) is 6.61 Å². The van der Waals surface area contributed by atoms with Crippen LogP contribution in [0.2, 0.25) is 10.0 Å². The number of nitro benzene ring substituents is 1. The predicted octanol–water partition coefficient (Wildman–Crippen LogP) is 4.01. The standard InChI is InChI=1S/C16H12Cl2N2O5/c1-9-5-6-10(7-13(9)20(23)24)16(22)25-8-14(21)19-12-4-2-3-11(17)15(12)18/h2-7H,8H2,1H3,(H,19,21). The number of aryl methyl sites for hydroxylation is 1. The SMILES string of the molecule is Cc1ccc(C(=O)OCC(=O)Nc2cccc(Cl)c2Cl)cc1[N+](=O)[O-]. The van der Waals surface area contributed by atoms with Crippen LogP contribution in [0.5, 0.6) is 0 Å². The van der Waals surface area contributed by atoms with Gasteiger partial charge in [-0.05, 0) is 25.1 Å². The molecule has 7 nitrogen and oxygen atoms in total. The Labute approximate surface area is 152 Å². The van der Waals surface area contributed by atoms with E-state index in [1.165, 1.54) is 18.2 Å². The number of amides is 1. The number of anilines is 1. The van der Waals surface area contributed by atoms with Gasteiger partial charge >= 0.3 is 5.97 Å². The highest BCUT2D eigenvalue weighted by Gasteiger charge is 2.17. The van der Waals surface area contributed by atoms with Crippen molar-refractivity contribution >= 4 is 46.5 Å². The summed E-state index contributed by atoms with van der Waals surface area (Å²) in [6, 6.07) is 8.61. The number of nitro groups is 1. The molecule has 1 amide bonds. The van der Waals surface area contributed by atoms with Crippen LogP contribution in [-0.4, -0.2) is 23.4 Å². The van der Waals surface area contributed by atoms with E-state index in [0.717, 1.165) is 6.07 Å². The molecule has 25 heavy (non-hydrogen) atoms. The minimum Gasteiger partial charge on any atom is -0.452 e. The number of hydrogen-bond donors (Lipinski definition) is 1. The minimum absolute atomic E-state index is 0.0223. The molecule has 0 unspecified atom stereocenters. The molecule has 0 aliphatic rings. The highest BCUT2D eigenvalue weighted by atomic mass is 35.5. The van der Waals surface area contributed by atoms with Gasteiger partial charge in [0.05, 0.1) is 26.2 Å². The summed E-state index contributed by atoms with van der Waals surface area (Å²) in [7, 11) is 0. The van der Waals surface area contributed by atoms with Gasteiger partial charge in [-0.25, -0.2) is 4.79 Å². The van der Waals surface area contributed by atoms with E-state index in [2.05, 4.69) is 5.32 Å². The first kappa shape index (κ1) is 18.7. The van der Waals surface area contributed by atoms with Crippen molar-refractivity contribution in [1.29, 1.82) is 0 Å². The quantitative estimate of drug-likeness (QED) is 0.478. The van der Waals surface area contributed by atoms with Crippen LogP contribution in [0.15, 0.2) is 36.4 Å². The first-order valence-electron chi connectivity index (χ1n) is 6.95. The fraction of sp³-hybridized carbons (Fsp3) is 0.125. The van der Waals surface area contributed by atoms with Gasteiger partial charge in [0.25, 0.3) is 11.6 Å². The molecule has 1 N–H and O–H groups in total. The van der Waals surface area contributed by atoms with Gasteiger partial charge in [-0.15, -0.1) is 0 Å². The lowest BCUT2D eigenvalue weighted by Crippen LogP contribution is -2.21. The summed E-state index contributed by atoms with van der Waals surface area (Å²) in [6.07, 6.45) is 0. The maximum atomic E-state index is 11.9. The Bertz CT molecular complexity index is 854. The Morgan fingerprint density at radius 1 is 1.24 bits per heavy atom. The van der Waals surface area contributed by atoms with Gasteiger partial charge in [0, 0.05) is 11.6 Å². The lowest BCUT2D eigenvalue weighted by atomic mass is 10.1. The van der Waals surface area contributed by atoms with Crippen LogP contribution in [0.1, 0.15) is 15.9 Å². The Balaban J connectivity index is 2.00. The van der Waals surface area contributed by atoms with Crippen molar-refractivity contribution in [2.45, 2.75) is 6.92 Å². The molecule has 0 saturated heterocycles. The Hall–Kier alpha value is -2.64. The average Bonchev–Trinajstić information content (AvgIpc) is 2.57. The van der Waals surface area contributed by atoms with Gasteiger partial charge in [-0.1, -0.05) is 35.3 Å². The molecule has 2 rings (SSSR count). The van der Waals surface area contributed by atoms with Crippen LogP contribution >= 0.6 is 23.2 Å². The molecule has 0 atom stereocenters. The average molecular weight is 383 g/mol. The minimum atomic E-state index is -0.851. The summed E-state index contributed by atoms with van der Waals surface area (Å²) in [5.41, 5.74) is 0.464. The molecule has 0 aliphatic carbocycles. The number of carbonyl (C=O) groups excluding carboxylic acids is 2. The topological polar surface area (TPSA) is 98.5 Å². The molecular weight excluding hydrogens is 371 g/mol. The van der Waals surface area contributed by atoms with Crippen LogP contribution in [-0.2, 0) is 9.53 Å². The van der Waals surface area contributed by atoms with Crippen molar-refractivity contribution in [3.8, 4) is 0 Å². The third kappa shape index (κ3) is 4.68. The van der Waals surface area contributed by atoms with E-state index < -0.39 is 23.4 Å². The molecule has 130 valence electrons. The second-order valence-corrected chi connectivity index (χ2v) is 5.77. The van der Waals surface area contributed by atoms with Crippen LogP contribution in [0.25, 0.3) is 0 Å². The Kier molecular flexibility index (Phi) is 5.95. The van der Waals surface area contributed by atoms with E-state index in [0.29, 0.717) is 5.56 Å². The highest BCUT2D eigenvalue weighted by molar-refractivity contribution is 6.44. The third-order valence-electron chi connectivity index (χ3n) is 3.20. The largest absolute Gasteiger partial charge is 0.452 e. The molecule has 0 aliphatic heterocycles. The zero-order valence-electron chi connectivity index (χ0n) is 12.9. The number of halogens is 2. The number of benzene rings is 2. The molecule has 0 radical (unpaired) electrons. The van der Waals surface area contributed by atoms with Crippen molar-refractivity contribution in [3.63, 3.8) is 0 Å². The summed E-state index contributed by atoms with van der Waals surface area (Å²) in [4.78, 5) is 34.1. The van der Waals surface area contributed by atoms with E-state index in [9.17, 15) is 19.7 Å². The summed E-state index contributed by atoms with van der Waals surface area (Å²) in [6.45, 7) is 0.971.